The summed E-state index contributed by atoms with van der Waals surface area (Å²) in [5.74, 6) is -0.105. The third-order valence-corrected chi connectivity index (χ3v) is 4.79. The molecule has 110 valence electrons. The molecule has 0 radical (unpaired) electrons. The smallest absolute Gasteiger partial charge is 0.324 e. The van der Waals surface area contributed by atoms with Gasteiger partial charge in [-0.3, -0.25) is 14.9 Å². The van der Waals surface area contributed by atoms with Gasteiger partial charge in [0.2, 0.25) is 0 Å². The predicted molar refractivity (Wildman–Crippen MR) is 77.9 cm³/mol. The first-order valence-electron chi connectivity index (χ1n) is 6.83. The Kier molecular flexibility index (Phi) is 4.72. The molecular weight excluding hydrogens is 278 g/mol. The van der Waals surface area contributed by atoms with E-state index in [9.17, 15) is 14.9 Å². The Balaban J connectivity index is 2.10. The molecule has 1 saturated carbocycles. The van der Waals surface area contributed by atoms with Crippen molar-refractivity contribution in [2.45, 2.75) is 44.7 Å². The van der Waals surface area contributed by atoms with Crippen LogP contribution >= 0.6 is 11.3 Å². The second kappa shape index (κ2) is 6.32. The van der Waals surface area contributed by atoms with Crippen LogP contribution in [-0.4, -0.2) is 34.4 Å². The van der Waals surface area contributed by atoms with Gasteiger partial charge in [0.1, 0.15) is 0 Å². The van der Waals surface area contributed by atoms with Crippen molar-refractivity contribution in [1.29, 1.82) is 0 Å². The fourth-order valence-electron chi connectivity index (χ4n) is 2.66. The quantitative estimate of drug-likeness (QED) is 0.682. The van der Waals surface area contributed by atoms with E-state index in [1.54, 1.807) is 6.07 Å². The molecule has 1 aliphatic carbocycles. The van der Waals surface area contributed by atoms with Gasteiger partial charge in [-0.2, -0.15) is 0 Å². The lowest BCUT2D eigenvalue weighted by Crippen LogP contribution is -2.43. The van der Waals surface area contributed by atoms with Crippen molar-refractivity contribution in [2.24, 2.45) is 5.73 Å². The van der Waals surface area contributed by atoms with Crippen LogP contribution < -0.4 is 5.73 Å². The molecule has 0 bridgehead atoms. The first-order chi connectivity index (χ1) is 9.52. The molecule has 1 amide bonds. The molecule has 0 atom stereocenters. The molecule has 0 saturated heterocycles. The van der Waals surface area contributed by atoms with Gasteiger partial charge in [-0.15, -0.1) is 0 Å². The molecule has 0 unspecified atom stereocenters. The maximum absolute atomic E-state index is 12.5. The Labute approximate surface area is 121 Å². The number of carbonyl (C=O) groups is 1. The van der Waals surface area contributed by atoms with Crippen molar-refractivity contribution in [3.05, 3.63) is 27.1 Å². The van der Waals surface area contributed by atoms with Crippen LogP contribution in [0.2, 0.25) is 0 Å². The van der Waals surface area contributed by atoms with Gasteiger partial charge < -0.3 is 10.6 Å². The molecule has 1 fully saturated rings. The van der Waals surface area contributed by atoms with Crippen molar-refractivity contribution in [3.63, 3.8) is 0 Å². The maximum Gasteiger partial charge on any atom is 0.324 e. The number of nitro groups is 1. The molecule has 0 spiro atoms. The van der Waals surface area contributed by atoms with E-state index in [0.717, 1.165) is 37.0 Å². The number of amides is 1. The lowest BCUT2D eigenvalue weighted by atomic mass is 9.90. The normalized spacial score (nSPS) is 22.5. The van der Waals surface area contributed by atoms with Gasteiger partial charge in [-0.1, -0.05) is 11.3 Å². The van der Waals surface area contributed by atoms with E-state index < -0.39 is 4.92 Å². The fraction of sp³-hybridized carbons (Fsp3) is 0.615. The van der Waals surface area contributed by atoms with Crippen molar-refractivity contribution in [2.75, 3.05) is 6.54 Å². The number of hydrogen-bond acceptors (Lipinski definition) is 5. The largest absolute Gasteiger partial charge is 0.335 e. The third-order valence-electron chi connectivity index (χ3n) is 3.77. The van der Waals surface area contributed by atoms with E-state index >= 15 is 0 Å². The van der Waals surface area contributed by atoms with Crippen LogP contribution in [0.4, 0.5) is 5.00 Å². The second-order valence-electron chi connectivity index (χ2n) is 5.05. The summed E-state index contributed by atoms with van der Waals surface area (Å²) >= 11 is 0.942. The minimum Gasteiger partial charge on any atom is -0.335 e. The zero-order chi connectivity index (χ0) is 14.7. The molecule has 7 heteroatoms. The summed E-state index contributed by atoms with van der Waals surface area (Å²) in [6.07, 6.45) is 3.68. The number of thiophene rings is 1. The lowest BCUT2D eigenvalue weighted by molar-refractivity contribution is -0.380. The molecule has 1 aromatic rings. The Morgan fingerprint density at radius 3 is 2.60 bits per heavy atom. The number of nitrogens with zero attached hydrogens (tertiary/aromatic N) is 2. The van der Waals surface area contributed by atoms with Crippen molar-refractivity contribution in [3.8, 4) is 0 Å². The Bertz CT molecular complexity index is 495. The van der Waals surface area contributed by atoms with E-state index in [1.165, 1.54) is 6.07 Å². The molecule has 0 aliphatic heterocycles. The molecule has 1 heterocycles. The van der Waals surface area contributed by atoms with Gasteiger partial charge >= 0.3 is 5.00 Å². The van der Waals surface area contributed by atoms with Crippen molar-refractivity contribution in [1.82, 2.24) is 4.90 Å². The van der Waals surface area contributed by atoms with Crippen molar-refractivity contribution >= 4 is 22.2 Å². The van der Waals surface area contributed by atoms with E-state index in [-0.39, 0.29) is 23.0 Å². The van der Waals surface area contributed by atoms with Crippen LogP contribution in [0.3, 0.4) is 0 Å². The average molecular weight is 297 g/mol. The maximum atomic E-state index is 12.5. The molecule has 1 aromatic heterocycles. The Morgan fingerprint density at radius 1 is 1.45 bits per heavy atom. The highest BCUT2D eigenvalue weighted by Gasteiger charge is 2.28. The molecule has 2 rings (SSSR count). The summed E-state index contributed by atoms with van der Waals surface area (Å²) < 4.78 is 0. The van der Waals surface area contributed by atoms with E-state index in [1.807, 2.05) is 11.8 Å². The summed E-state index contributed by atoms with van der Waals surface area (Å²) in [5, 5.41) is 10.7. The van der Waals surface area contributed by atoms with Gasteiger partial charge in [0.25, 0.3) is 5.91 Å². The molecule has 2 N–H and O–H groups in total. The topological polar surface area (TPSA) is 89.5 Å². The summed E-state index contributed by atoms with van der Waals surface area (Å²) in [6.45, 7) is 2.55. The van der Waals surface area contributed by atoms with Crippen LogP contribution in [0.25, 0.3) is 0 Å². The minimum absolute atomic E-state index is 0.00932. The predicted octanol–water partition coefficient (Wildman–Crippen LogP) is 2.39. The Hall–Kier alpha value is -1.47. The number of hydrogen-bond donors (Lipinski definition) is 1. The molecule has 20 heavy (non-hydrogen) atoms. The second-order valence-corrected chi connectivity index (χ2v) is 6.12. The molecular formula is C13H19N3O3S. The Morgan fingerprint density at radius 2 is 2.10 bits per heavy atom. The SMILES string of the molecule is CCN(C(=O)c1ccc([N+](=O)[O-])s1)C1CCC(N)CC1. The van der Waals surface area contributed by atoms with Crippen LogP contribution in [0, 0.1) is 10.1 Å². The first kappa shape index (κ1) is 14.9. The number of nitrogens with two attached hydrogens (primary N) is 1. The van der Waals surface area contributed by atoms with E-state index in [4.69, 9.17) is 5.73 Å². The standard InChI is InChI=1S/C13H19N3O3S/c1-2-15(10-5-3-9(14)4-6-10)13(17)11-7-8-12(20-11)16(18)19/h7-10H,2-6,14H2,1H3. The average Bonchev–Trinajstić information content (AvgIpc) is 2.91. The number of carbonyl (C=O) groups excluding carboxylic acids is 1. The summed E-state index contributed by atoms with van der Waals surface area (Å²) in [6, 6.07) is 3.38. The van der Waals surface area contributed by atoms with Crippen LogP contribution in [0.15, 0.2) is 12.1 Å². The zero-order valence-corrected chi connectivity index (χ0v) is 12.3. The molecule has 0 aromatic carbocycles. The summed E-state index contributed by atoms with van der Waals surface area (Å²) in [5.41, 5.74) is 5.89. The number of rotatable bonds is 4. The highest BCUT2D eigenvalue weighted by atomic mass is 32.1. The van der Waals surface area contributed by atoms with E-state index in [0.29, 0.717) is 11.4 Å². The minimum atomic E-state index is -0.461. The van der Waals surface area contributed by atoms with E-state index in [2.05, 4.69) is 0 Å². The van der Waals surface area contributed by atoms with Crippen LogP contribution in [-0.2, 0) is 0 Å². The van der Waals surface area contributed by atoms with Gasteiger partial charge in [0, 0.05) is 24.7 Å². The summed E-state index contributed by atoms with van der Waals surface area (Å²) in [4.78, 5) is 25.0. The monoisotopic (exact) mass is 297 g/mol. The van der Waals surface area contributed by atoms with Crippen LogP contribution in [0.1, 0.15) is 42.3 Å². The van der Waals surface area contributed by atoms with Gasteiger partial charge in [-0.25, -0.2) is 0 Å². The lowest BCUT2D eigenvalue weighted by Gasteiger charge is -2.35. The van der Waals surface area contributed by atoms with Gasteiger partial charge in [-0.05, 0) is 38.7 Å². The van der Waals surface area contributed by atoms with Crippen molar-refractivity contribution < 1.29 is 9.72 Å². The summed E-state index contributed by atoms with van der Waals surface area (Å²) in [7, 11) is 0. The third kappa shape index (κ3) is 3.16. The zero-order valence-electron chi connectivity index (χ0n) is 11.4. The van der Waals surface area contributed by atoms with Gasteiger partial charge in [0.05, 0.1) is 9.80 Å². The fourth-order valence-corrected chi connectivity index (χ4v) is 3.44. The van der Waals surface area contributed by atoms with Gasteiger partial charge in [0.15, 0.2) is 0 Å². The first-order valence-corrected chi connectivity index (χ1v) is 7.65. The van der Waals surface area contributed by atoms with Crippen LogP contribution in [0.5, 0.6) is 0 Å². The highest BCUT2D eigenvalue weighted by Crippen LogP contribution is 2.28. The molecule has 6 nitrogen and oxygen atoms in total. The highest BCUT2D eigenvalue weighted by molar-refractivity contribution is 7.17. The molecule has 1 aliphatic rings.